The maximum absolute atomic E-state index is 13.4. The van der Waals surface area contributed by atoms with Crippen LogP contribution in [0.4, 0.5) is 0 Å². The lowest BCUT2D eigenvalue weighted by Gasteiger charge is -2.38. The minimum Gasteiger partial charge on any atom is -0.395 e. The number of hydrogen-bond acceptors (Lipinski definition) is 5. The van der Waals surface area contributed by atoms with Crippen LogP contribution in [0.15, 0.2) is 0 Å². The summed E-state index contributed by atoms with van der Waals surface area (Å²) in [5.41, 5.74) is 0. The van der Waals surface area contributed by atoms with E-state index in [4.69, 9.17) is 0 Å². The first-order chi connectivity index (χ1) is 13.9. The second kappa shape index (κ2) is 9.25. The highest BCUT2D eigenvalue weighted by molar-refractivity contribution is 8.02. The van der Waals surface area contributed by atoms with Gasteiger partial charge in [0.2, 0.25) is 17.7 Å². The molecule has 0 radical (unpaired) electrons. The number of fused-ring (bicyclic) bond motifs is 1. The van der Waals surface area contributed by atoms with E-state index in [1.54, 1.807) is 16.7 Å². The number of nitrogens with zero attached hydrogens (tertiary/aromatic N) is 1. The Morgan fingerprint density at radius 1 is 1.17 bits per heavy atom. The number of hydrogen-bond donors (Lipinski definition) is 3. The standard InChI is InChI=1S/C21H35N3O4S/c1-4-6-7-9-23-19(27)17-21-13(3)12-14(29-21)15(18(26)22-8-5-2)16(21)20(28)24(17)10-11-25/h13-17,25H,4-12H2,1-3H3,(H,22,26)(H,23,27)/t13?,14-,15+,16-,17?,21?/m0/s1. The molecule has 2 bridgehead atoms. The third-order valence-corrected chi connectivity index (χ3v) is 8.84. The Morgan fingerprint density at radius 2 is 1.90 bits per heavy atom. The summed E-state index contributed by atoms with van der Waals surface area (Å²) in [6.07, 6.45) is 4.71. The monoisotopic (exact) mass is 425 g/mol. The number of likely N-dealkylation sites (tertiary alicyclic amines) is 1. The van der Waals surface area contributed by atoms with Gasteiger partial charge in [-0.05, 0) is 25.2 Å². The summed E-state index contributed by atoms with van der Waals surface area (Å²) in [6, 6.07) is -0.622. The maximum atomic E-state index is 13.4. The van der Waals surface area contributed by atoms with Crippen LogP contribution in [-0.2, 0) is 14.4 Å². The van der Waals surface area contributed by atoms with Crippen LogP contribution in [0, 0.1) is 17.8 Å². The predicted molar refractivity (Wildman–Crippen MR) is 113 cm³/mol. The molecule has 0 aliphatic carbocycles. The van der Waals surface area contributed by atoms with E-state index in [1.165, 1.54) is 0 Å². The van der Waals surface area contributed by atoms with Gasteiger partial charge in [-0.25, -0.2) is 0 Å². The molecule has 3 fully saturated rings. The fourth-order valence-corrected chi connectivity index (χ4v) is 7.94. The second-order valence-corrected chi connectivity index (χ2v) is 10.1. The van der Waals surface area contributed by atoms with E-state index in [2.05, 4.69) is 24.5 Å². The molecule has 3 amide bonds. The molecule has 3 aliphatic heterocycles. The summed E-state index contributed by atoms with van der Waals surface area (Å²) in [7, 11) is 0. The van der Waals surface area contributed by atoms with Crippen molar-refractivity contribution in [3.05, 3.63) is 0 Å². The molecule has 3 heterocycles. The fourth-order valence-electron chi connectivity index (χ4n) is 5.52. The number of carbonyl (C=O) groups excluding carboxylic acids is 3. The van der Waals surface area contributed by atoms with Gasteiger partial charge in [-0.3, -0.25) is 14.4 Å². The van der Waals surface area contributed by atoms with Crippen molar-refractivity contribution in [1.29, 1.82) is 0 Å². The van der Waals surface area contributed by atoms with E-state index in [0.29, 0.717) is 13.1 Å². The number of carbonyl (C=O) groups is 3. The highest BCUT2D eigenvalue weighted by Gasteiger charge is 2.75. The molecule has 3 aliphatic rings. The van der Waals surface area contributed by atoms with Crippen LogP contribution in [0.1, 0.15) is 52.9 Å². The predicted octanol–water partition coefficient (Wildman–Crippen LogP) is 1.15. The average molecular weight is 426 g/mol. The molecule has 1 spiro atoms. The lowest BCUT2D eigenvalue weighted by Crippen LogP contribution is -2.56. The summed E-state index contributed by atoms with van der Waals surface area (Å²) in [5.74, 6) is -1.07. The Bertz CT molecular complexity index is 645. The van der Waals surface area contributed by atoms with E-state index < -0.39 is 22.6 Å². The number of nitrogens with one attached hydrogen (secondary N) is 2. The van der Waals surface area contributed by atoms with Crippen molar-refractivity contribution < 1.29 is 19.5 Å². The van der Waals surface area contributed by atoms with E-state index in [-0.39, 0.29) is 42.0 Å². The average Bonchev–Trinajstić information content (AvgIpc) is 3.28. The van der Waals surface area contributed by atoms with E-state index in [0.717, 1.165) is 32.1 Å². The van der Waals surface area contributed by atoms with E-state index in [1.807, 2.05) is 6.92 Å². The molecule has 0 aromatic heterocycles. The minimum absolute atomic E-state index is 0.0653. The van der Waals surface area contributed by atoms with Gasteiger partial charge >= 0.3 is 0 Å². The van der Waals surface area contributed by atoms with Gasteiger partial charge in [0.05, 0.1) is 23.2 Å². The number of β-amino-alcohol motifs (C(OH)–C–C–N with tert-alkyl or cyclic N) is 1. The van der Waals surface area contributed by atoms with Crippen molar-refractivity contribution >= 4 is 29.5 Å². The first-order valence-electron chi connectivity index (χ1n) is 11.1. The Labute approximate surface area is 177 Å². The number of aliphatic hydroxyl groups is 1. The van der Waals surface area contributed by atoms with Gasteiger partial charge in [0, 0.05) is 24.9 Å². The van der Waals surface area contributed by atoms with Crippen LogP contribution in [0.5, 0.6) is 0 Å². The zero-order valence-electron chi connectivity index (χ0n) is 17.8. The van der Waals surface area contributed by atoms with Gasteiger partial charge in [0.25, 0.3) is 0 Å². The van der Waals surface area contributed by atoms with Gasteiger partial charge in [0.1, 0.15) is 6.04 Å². The molecule has 0 aromatic carbocycles. The quantitative estimate of drug-likeness (QED) is 0.456. The minimum atomic E-state index is -0.622. The zero-order valence-corrected chi connectivity index (χ0v) is 18.6. The molecule has 3 saturated heterocycles. The normalized spacial score (nSPS) is 35.1. The topological polar surface area (TPSA) is 98.7 Å². The molecular weight excluding hydrogens is 390 g/mol. The molecule has 7 nitrogen and oxygen atoms in total. The van der Waals surface area contributed by atoms with Crippen molar-refractivity contribution in [2.75, 3.05) is 26.2 Å². The first-order valence-corrected chi connectivity index (χ1v) is 12.0. The Hall–Kier alpha value is -1.28. The van der Waals surface area contributed by atoms with E-state index in [9.17, 15) is 19.5 Å². The van der Waals surface area contributed by atoms with Crippen LogP contribution in [0.25, 0.3) is 0 Å². The van der Waals surface area contributed by atoms with Crippen molar-refractivity contribution in [1.82, 2.24) is 15.5 Å². The van der Waals surface area contributed by atoms with Crippen LogP contribution in [0.2, 0.25) is 0 Å². The Kier molecular flexibility index (Phi) is 7.14. The Balaban J connectivity index is 1.89. The molecule has 3 unspecified atom stereocenters. The summed E-state index contributed by atoms with van der Waals surface area (Å²) < 4.78 is -0.583. The number of thioether (sulfide) groups is 1. The van der Waals surface area contributed by atoms with Gasteiger partial charge in [-0.15, -0.1) is 11.8 Å². The molecule has 0 aromatic rings. The molecule has 164 valence electrons. The molecule has 3 rings (SSSR count). The lowest BCUT2D eigenvalue weighted by atomic mass is 9.66. The molecule has 3 N–H and O–H groups in total. The smallest absolute Gasteiger partial charge is 0.244 e. The SMILES string of the molecule is CCCCCNC(=O)C1N(CCO)C(=O)[C@@H]2[C@H](C(=O)NCCC)[C@@H]3CC(C)C12S3. The molecule has 29 heavy (non-hydrogen) atoms. The molecule has 0 saturated carbocycles. The van der Waals surface area contributed by atoms with Crippen LogP contribution in [0.3, 0.4) is 0 Å². The maximum Gasteiger partial charge on any atom is 0.244 e. The van der Waals surface area contributed by atoms with Gasteiger partial charge in [0.15, 0.2) is 0 Å². The third-order valence-electron chi connectivity index (χ3n) is 6.77. The lowest BCUT2D eigenvalue weighted by molar-refractivity contribution is -0.140. The zero-order chi connectivity index (χ0) is 21.2. The van der Waals surface area contributed by atoms with Crippen LogP contribution >= 0.6 is 11.8 Å². The number of rotatable bonds is 10. The van der Waals surface area contributed by atoms with Crippen LogP contribution in [-0.4, -0.2) is 70.0 Å². The highest BCUT2D eigenvalue weighted by atomic mass is 32.2. The molecule has 6 atom stereocenters. The first kappa shape index (κ1) is 22.4. The summed E-state index contributed by atoms with van der Waals surface area (Å²) >= 11 is 1.68. The second-order valence-electron chi connectivity index (χ2n) is 8.60. The van der Waals surface area contributed by atoms with Crippen molar-refractivity contribution in [3.8, 4) is 0 Å². The van der Waals surface area contributed by atoms with Crippen LogP contribution < -0.4 is 10.6 Å². The Morgan fingerprint density at radius 3 is 2.55 bits per heavy atom. The largest absolute Gasteiger partial charge is 0.395 e. The highest BCUT2D eigenvalue weighted by Crippen LogP contribution is 2.68. The summed E-state index contributed by atoms with van der Waals surface area (Å²) in [4.78, 5) is 41.2. The van der Waals surface area contributed by atoms with Crippen molar-refractivity contribution in [3.63, 3.8) is 0 Å². The summed E-state index contributed by atoms with van der Waals surface area (Å²) in [5, 5.41) is 15.6. The van der Waals surface area contributed by atoms with Gasteiger partial charge in [-0.2, -0.15) is 0 Å². The van der Waals surface area contributed by atoms with Crippen molar-refractivity contribution in [2.45, 2.75) is 68.9 Å². The van der Waals surface area contributed by atoms with Gasteiger partial charge in [-0.1, -0.05) is 33.6 Å². The summed E-state index contributed by atoms with van der Waals surface area (Å²) in [6.45, 7) is 7.35. The van der Waals surface area contributed by atoms with Crippen molar-refractivity contribution in [2.24, 2.45) is 17.8 Å². The number of aliphatic hydroxyl groups excluding tert-OH is 1. The molecule has 8 heteroatoms. The molecular formula is C21H35N3O4S. The number of unbranched alkanes of at least 4 members (excludes halogenated alkanes) is 2. The fraction of sp³-hybridized carbons (Fsp3) is 0.857. The third kappa shape index (κ3) is 3.67. The number of amides is 3. The van der Waals surface area contributed by atoms with Gasteiger partial charge < -0.3 is 20.6 Å². The van der Waals surface area contributed by atoms with E-state index >= 15 is 0 Å².